The monoisotopic (exact) mass is 399 g/mol. The first kappa shape index (κ1) is 22.6. The predicted molar refractivity (Wildman–Crippen MR) is 118 cm³/mol. The van der Waals surface area contributed by atoms with Gasteiger partial charge in [0.25, 0.3) is 0 Å². The average molecular weight is 400 g/mol. The molecule has 0 saturated carbocycles. The molecular weight excluding hydrogens is 366 g/mol. The van der Waals surface area contributed by atoms with Gasteiger partial charge in [-0.3, -0.25) is 4.99 Å². The summed E-state index contributed by atoms with van der Waals surface area (Å²) in [5.74, 6) is 2.46. The van der Waals surface area contributed by atoms with Gasteiger partial charge in [0.15, 0.2) is 5.96 Å². The highest BCUT2D eigenvalue weighted by Crippen LogP contribution is 2.20. The van der Waals surface area contributed by atoms with E-state index in [0.29, 0.717) is 32.9 Å². The summed E-state index contributed by atoms with van der Waals surface area (Å²) >= 11 is 0. The Morgan fingerprint density at radius 3 is 2.48 bits per heavy atom. The summed E-state index contributed by atoms with van der Waals surface area (Å²) in [5.41, 5.74) is 4.54. The molecule has 0 unspecified atom stereocenters. The van der Waals surface area contributed by atoms with E-state index in [1.807, 2.05) is 19.1 Å². The fourth-order valence-electron chi connectivity index (χ4n) is 2.93. The standard InChI is InChI=1S/C23H33N3O3/c1-6-28-9-10-29-22-13-17(2)7-8-20(22)16-26-23(24-4)25-15-19-11-18(3)12-21(14-19)27-5/h7-8,11-14H,6,9-10,15-16H2,1-5H3,(H2,24,25,26). The molecule has 2 rings (SSSR count). The van der Waals surface area contributed by atoms with Gasteiger partial charge in [0.1, 0.15) is 18.1 Å². The maximum atomic E-state index is 5.91. The summed E-state index contributed by atoms with van der Waals surface area (Å²) in [4.78, 5) is 4.32. The molecule has 2 N–H and O–H groups in total. The van der Waals surface area contributed by atoms with Crippen molar-refractivity contribution in [1.82, 2.24) is 10.6 Å². The smallest absolute Gasteiger partial charge is 0.191 e. The van der Waals surface area contributed by atoms with Crippen LogP contribution in [0, 0.1) is 13.8 Å². The predicted octanol–water partition coefficient (Wildman–Crippen LogP) is 3.59. The Labute approximate surface area is 174 Å². The third kappa shape index (κ3) is 7.66. The molecule has 0 heterocycles. The number of methoxy groups -OCH3 is 1. The van der Waals surface area contributed by atoms with Crippen molar-refractivity contribution in [2.24, 2.45) is 4.99 Å². The summed E-state index contributed by atoms with van der Waals surface area (Å²) in [6.07, 6.45) is 0. The molecular formula is C23H33N3O3. The van der Waals surface area contributed by atoms with Gasteiger partial charge in [-0.2, -0.15) is 0 Å². The van der Waals surface area contributed by atoms with Crippen LogP contribution in [0.1, 0.15) is 29.2 Å². The highest BCUT2D eigenvalue weighted by atomic mass is 16.5. The number of rotatable bonds is 10. The Morgan fingerprint density at radius 2 is 1.76 bits per heavy atom. The number of nitrogens with zero attached hydrogens (tertiary/aromatic N) is 1. The van der Waals surface area contributed by atoms with Crippen LogP contribution in [0.2, 0.25) is 0 Å². The van der Waals surface area contributed by atoms with Crippen molar-refractivity contribution in [3.63, 3.8) is 0 Å². The van der Waals surface area contributed by atoms with Crippen molar-refractivity contribution in [3.8, 4) is 11.5 Å². The van der Waals surface area contributed by atoms with Crippen molar-refractivity contribution in [1.29, 1.82) is 0 Å². The van der Waals surface area contributed by atoms with E-state index in [0.717, 1.165) is 39.7 Å². The topological polar surface area (TPSA) is 64.1 Å². The molecule has 29 heavy (non-hydrogen) atoms. The van der Waals surface area contributed by atoms with E-state index in [1.165, 1.54) is 0 Å². The van der Waals surface area contributed by atoms with Gasteiger partial charge < -0.3 is 24.8 Å². The molecule has 0 aromatic heterocycles. The number of benzene rings is 2. The Balaban J connectivity index is 1.94. The number of hydrogen-bond acceptors (Lipinski definition) is 4. The lowest BCUT2D eigenvalue weighted by molar-refractivity contribution is 0.110. The van der Waals surface area contributed by atoms with E-state index >= 15 is 0 Å². The molecule has 0 amide bonds. The molecule has 2 aromatic rings. The molecule has 0 saturated heterocycles. The molecule has 0 radical (unpaired) electrons. The van der Waals surface area contributed by atoms with Crippen LogP contribution in [-0.4, -0.2) is 39.9 Å². The van der Waals surface area contributed by atoms with Crippen molar-refractivity contribution in [3.05, 3.63) is 58.7 Å². The van der Waals surface area contributed by atoms with Crippen LogP contribution in [0.4, 0.5) is 0 Å². The molecule has 0 spiro atoms. The molecule has 0 aliphatic rings. The fourth-order valence-corrected chi connectivity index (χ4v) is 2.93. The number of nitrogens with one attached hydrogen (secondary N) is 2. The molecule has 0 fully saturated rings. The lowest BCUT2D eigenvalue weighted by Crippen LogP contribution is -2.36. The molecule has 2 aromatic carbocycles. The minimum Gasteiger partial charge on any atom is -0.497 e. The third-order valence-corrected chi connectivity index (χ3v) is 4.39. The van der Waals surface area contributed by atoms with Crippen LogP contribution in [0.15, 0.2) is 41.4 Å². The summed E-state index contributed by atoms with van der Waals surface area (Å²) in [5, 5.41) is 6.70. The summed E-state index contributed by atoms with van der Waals surface area (Å²) < 4.78 is 16.6. The van der Waals surface area contributed by atoms with E-state index in [2.05, 4.69) is 53.7 Å². The largest absolute Gasteiger partial charge is 0.497 e. The zero-order valence-electron chi connectivity index (χ0n) is 18.2. The van der Waals surface area contributed by atoms with Gasteiger partial charge >= 0.3 is 0 Å². The first-order valence-electron chi connectivity index (χ1n) is 9.94. The molecule has 0 aliphatic heterocycles. The van der Waals surface area contributed by atoms with Gasteiger partial charge in [-0.15, -0.1) is 0 Å². The number of aliphatic imine (C=N–C) groups is 1. The fraction of sp³-hybridized carbons (Fsp3) is 0.435. The van der Waals surface area contributed by atoms with Crippen molar-refractivity contribution in [2.45, 2.75) is 33.9 Å². The zero-order valence-corrected chi connectivity index (χ0v) is 18.2. The van der Waals surface area contributed by atoms with Gasteiger partial charge in [0.05, 0.1) is 13.7 Å². The van der Waals surface area contributed by atoms with Crippen LogP contribution in [0.3, 0.4) is 0 Å². The van der Waals surface area contributed by atoms with Crippen LogP contribution in [0.5, 0.6) is 11.5 Å². The van der Waals surface area contributed by atoms with Crippen molar-refractivity contribution < 1.29 is 14.2 Å². The van der Waals surface area contributed by atoms with Gasteiger partial charge in [-0.05, 0) is 55.7 Å². The Bertz CT molecular complexity index is 806. The molecule has 6 nitrogen and oxygen atoms in total. The second-order valence-electron chi connectivity index (χ2n) is 6.79. The Hall–Kier alpha value is -2.73. The van der Waals surface area contributed by atoms with Crippen molar-refractivity contribution in [2.75, 3.05) is 34.0 Å². The number of ether oxygens (including phenoxy) is 3. The number of aryl methyl sites for hydroxylation is 2. The second kappa shape index (κ2) is 12.0. The van der Waals surface area contributed by atoms with Crippen LogP contribution >= 0.6 is 0 Å². The summed E-state index contributed by atoms with van der Waals surface area (Å²) in [6.45, 7) is 9.18. The van der Waals surface area contributed by atoms with E-state index in [9.17, 15) is 0 Å². The number of guanidine groups is 1. The van der Waals surface area contributed by atoms with Gasteiger partial charge in [-0.1, -0.05) is 18.2 Å². The molecule has 0 aliphatic carbocycles. The highest BCUT2D eigenvalue weighted by Gasteiger charge is 2.07. The highest BCUT2D eigenvalue weighted by molar-refractivity contribution is 5.79. The quantitative estimate of drug-likeness (QED) is 0.363. The van der Waals surface area contributed by atoms with Crippen LogP contribution in [-0.2, 0) is 17.8 Å². The molecule has 0 bridgehead atoms. The maximum Gasteiger partial charge on any atom is 0.191 e. The first-order chi connectivity index (χ1) is 14.0. The van der Waals surface area contributed by atoms with E-state index < -0.39 is 0 Å². The second-order valence-corrected chi connectivity index (χ2v) is 6.79. The van der Waals surface area contributed by atoms with E-state index in [-0.39, 0.29) is 0 Å². The minimum atomic E-state index is 0.534. The van der Waals surface area contributed by atoms with E-state index in [4.69, 9.17) is 14.2 Å². The van der Waals surface area contributed by atoms with Gasteiger partial charge in [0, 0.05) is 32.3 Å². The summed E-state index contributed by atoms with van der Waals surface area (Å²) in [7, 11) is 3.45. The zero-order chi connectivity index (χ0) is 21.1. The minimum absolute atomic E-state index is 0.534. The molecule has 6 heteroatoms. The normalized spacial score (nSPS) is 11.3. The van der Waals surface area contributed by atoms with E-state index in [1.54, 1.807) is 14.2 Å². The third-order valence-electron chi connectivity index (χ3n) is 4.39. The summed E-state index contributed by atoms with van der Waals surface area (Å²) in [6, 6.07) is 12.4. The molecule has 158 valence electrons. The Kier molecular flexibility index (Phi) is 9.31. The Morgan fingerprint density at radius 1 is 0.966 bits per heavy atom. The van der Waals surface area contributed by atoms with Crippen molar-refractivity contribution >= 4 is 5.96 Å². The van der Waals surface area contributed by atoms with Gasteiger partial charge in [0.2, 0.25) is 0 Å². The lowest BCUT2D eigenvalue weighted by Gasteiger charge is -2.16. The number of hydrogen-bond donors (Lipinski definition) is 2. The average Bonchev–Trinajstić information content (AvgIpc) is 2.72. The SMILES string of the molecule is CCOCCOc1cc(C)ccc1CNC(=NC)NCc1cc(C)cc(OC)c1. The first-order valence-corrected chi connectivity index (χ1v) is 9.94. The molecule has 0 atom stereocenters. The van der Waals surface area contributed by atoms with Crippen LogP contribution in [0.25, 0.3) is 0 Å². The van der Waals surface area contributed by atoms with Gasteiger partial charge in [-0.25, -0.2) is 0 Å². The maximum absolute atomic E-state index is 5.91. The lowest BCUT2D eigenvalue weighted by atomic mass is 10.1. The van der Waals surface area contributed by atoms with Crippen LogP contribution < -0.4 is 20.1 Å².